The first kappa shape index (κ1) is 15.0. The van der Waals surface area contributed by atoms with Crippen LogP contribution in [0.5, 0.6) is 0 Å². The van der Waals surface area contributed by atoms with E-state index >= 15 is 0 Å². The zero-order chi connectivity index (χ0) is 14.4. The third-order valence-electron chi connectivity index (χ3n) is 3.87. The molecule has 0 aromatic carbocycles. The summed E-state index contributed by atoms with van der Waals surface area (Å²) in [7, 11) is 0. The Morgan fingerprint density at radius 1 is 1.35 bits per heavy atom. The molecule has 0 N–H and O–H groups in total. The predicted molar refractivity (Wildman–Crippen MR) is 74.4 cm³/mol. The summed E-state index contributed by atoms with van der Waals surface area (Å²) in [5, 5.41) is 4.09. The highest BCUT2D eigenvalue weighted by atomic mass is 16.5. The Morgan fingerprint density at radius 2 is 2.10 bits per heavy atom. The molecule has 1 atom stereocenters. The van der Waals surface area contributed by atoms with Crippen LogP contribution in [0.4, 0.5) is 0 Å². The fourth-order valence-corrected chi connectivity index (χ4v) is 2.79. The van der Waals surface area contributed by atoms with Gasteiger partial charge in [-0.3, -0.25) is 4.79 Å². The van der Waals surface area contributed by atoms with Crippen LogP contribution in [0.15, 0.2) is 4.52 Å². The van der Waals surface area contributed by atoms with Crippen molar-refractivity contribution in [3.8, 4) is 0 Å². The monoisotopic (exact) mass is 280 g/mol. The molecule has 0 radical (unpaired) electrons. The zero-order valence-electron chi connectivity index (χ0n) is 12.4. The fraction of sp³-hybridized carbons (Fsp3) is 0.800. The van der Waals surface area contributed by atoms with E-state index in [2.05, 4.69) is 10.1 Å². The summed E-state index contributed by atoms with van der Waals surface area (Å²) in [5.41, 5.74) is 0. The summed E-state index contributed by atoms with van der Waals surface area (Å²) < 4.78 is 10.4. The molecule has 112 valence electrons. The Kier molecular flexibility index (Phi) is 5.56. The molecule has 1 aliphatic rings. The minimum atomic E-state index is -0.412. The summed E-state index contributed by atoms with van der Waals surface area (Å²) in [5.74, 6) is 0.916. The van der Waals surface area contributed by atoms with Crippen molar-refractivity contribution in [3.63, 3.8) is 0 Å². The molecule has 20 heavy (non-hydrogen) atoms. The largest absolute Gasteiger partial charge is 0.465 e. The maximum Gasteiger partial charge on any atom is 0.318 e. The van der Waals surface area contributed by atoms with Gasteiger partial charge in [0.2, 0.25) is 5.89 Å². The number of rotatable bonds is 6. The van der Waals surface area contributed by atoms with Crippen molar-refractivity contribution in [2.24, 2.45) is 0 Å². The van der Waals surface area contributed by atoms with Crippen LogP contribution < -0.4 is 0 Å². The molecule has 1 aromatic heterocycles. The van der Waals surface area contributed by atoms with E-state index in [-0.39, 0.29) is 5.97 Å². The van der Waals surface area contributed by atoms with Gasteiger partial charge in [0.05, 0.1) is 6.61 Å². The molecule has 1 aliphatic carbocycles. The van der Waals surface area contributed by atoms with Crippen LogP contribution in [0, 0.1) is 0 Å². The Labute approximate surface area is 120 Å². The van der Waals surface area contributed by atoms with Gasteiger partial charge in [-0.2, -0.15) is 4.98 Å². The van der Waals surface area contributed by atoms with Gasteiger partial charge in [-0.15, -0.1) is 0 Å². The molecule has 0 saturated heterocycles. The standard InChI is InChI=1S/C15H24N2O3/c1-3-8-12(15(18)19-4-2)14-16-13(17-20-14)11-9-6-5-7-10-11/h11-12H,3-10H2,1-2H3. The highest BCUT2D eigenvalue weighted by molar-refractivity contribution is 5.76. The third-order valence-corrected chi connectivity index (χ3v) is 3.87. The van der Waals surface area contributed by atoms with E-state index in [9.17, 15) is 4.79 Å². The van der Waals surface area contributed by atoms with Crippen LogP contribution in [0.1, 0.15) is 82.3 Å². The Hall–Kier alpha value is -1.39. The second kappa shape index (κ2) is 7.41. The minimum Gasteiger partial charge on any atom is -0.465 e. The van der Waals surface area contributed by atoms with E-state index in [0.29, 0.717) is 24.8 Å². The lowest BCUT2D eigenvalue weighted by Crippen LogP contribution is -2.16. The first-order valence-electron chi connectivity index (χ1n) is 7.76. The zero-order valence-corrected chi connectivity index (χ0v) is 12.4. The lowest BCUT2D eigenvalue weighted by atomic mass is 9.89. The molecule has 2 rings (SSSR count). The molecule has 1 saturated carbocycles. The summed E-state index contributed by atoms with van der Waals surface area (Å²) in [6.07, 6.45) is 7.56. The first-order valence-corrected chi connectivity index (χ1v) is 7.76. The third kappa shape index (κ3) is 3.58. The van der Waals surface area contributed by atoms with E-state index in [4.69, 9.17) is 9.26 Å². The second-order valence-corrected chi connectivity index (χ2v) is 5.42. The van der Waals surface area contributed by atoms with Crippen LogP contribution in [0.3, 0.4) is 0 Å². The van der Waals surface area contributed by atoms with Gasteiger partial charge in [0, 0.05) is 5.92 Å². The Bertz CT molecular complexity index is 425. The van der Waals surface area contributed by atoms with Gasteiger partial charge in [-0.25, -0.2) is 0 Å². The maximum atomic E-state index is 12.0. The number of esters is 1. The SMILES string of the molecule is CCCC(C(=O)OCC)c1nc(C2CCCCC2)no1. The summed E-state index contributed by atoms with van der Waals surface area (Å²) >= 11 is 0. The van der Waals surface area contributed by atoms with Crippen molar-refractivity contribution in [1.29, 1.82) is 0 Å². The lowest BCUT2D eigenvalue weighted by Gasteiger charge is -2.17. The molecule has 0 amide bonds. The van der Waals surface area contributed by atoms with Gasteiger partial charge in [0.15, 0.2) is 5.82 Å². The number of aromatic nitrogens is 2. The summed E-state index contributed by atoms with van der Waals surface area (Å²) in [6.45, 7) is 4.22. The first-order chi connectivity index (χ1) is 9.76. The minimum absolute atomic E-state index is 0.256. The van der Waals surface area contributed by atoms with E-state index in [1.807, 2.05) is 13.8 Å². The predicted octanol–water partition coefficient (Wildman–Crippen LogP) is 3.56. The molecule has 5 nitrogen and oxygen atoms in total. The van der Waals surface area contributed by atoms with E-state index < -0.39 is 5.92 Å². The van der Waals surface area contributed by atoms with Crippen LogP contribution in [-0.2, 0) is 9.53 Å². The number of nitrogens with zero attached hydrogens (tertiary/aromatic N) is 2. The van der Waals surface area contributed by atoms with Gasteiger partial charge in [0.25, 0.3) is 0 Å². The molecule has 0 spiro atoms. The van der Waals surface area contributed by atoms with E-state index in [1.54, 1.807) is 0 Å². The lowest BCUT2D eigenvalue weighted by molar-refractivity contribution is -0.145. The topological polar surface area (TPSA) is 65.2 Å². The van der Waals surface area contributed by atoms with E-state index in [0.717, 1.165) is 25.1 Å². The van der Waals surface area contributed by atoms with Crippen molar-refractivity contribution in [2.75, 3.05) is 6.61 Å². The van der Waals surface area contributed by atoms with Crippen LogP contribution in [-0.4, -0.2) is 22.7 Å². The van der Waals surface area contributed by atoms with Crippen molar-refractivity contribution >= 4 is 5.97 Å². The molecule has 1 aromatic rings. The summed E-state index contributed by atoms with van der Waals surface area (Å²) in [4.78, 5) is 16.4. The van der Waals surface area contributed by atoms with Crippen molar-refractivity contribution in [3.05, 3.63) is 11.7 Å². The van der Waals surface area contributed by atoms with Gasteiger partial charge in [-0.05, 0) is 26.2 Å². The maximum absolute atomic E-state index is 12.0. The highest BCUT2D eigenvalue weighted by Crippen LogP contribution is 2.32. The number of carbonyl (C=O) groups excluding carboxylic acids is 1. The normalized spacial score (nSPS) is 17.9. The average molecular weight is 280 g/mol. The molecule has 5 heteroatoms. The van der Waals surface area contributed by atoms with Crippen molar-refractivity contribution in [1.82, 2.24) is 10.1 Å². The van der Waals surface area contributed by atoms with E-state index in [1.165, 1.54) is 19.3 Å². The molecular formula is C15H24N2O3. The van der Waals surface area contributed by atoms with Crippen LogP contribution in [0.25, 0.3) is 0 Å². The highest BCUT2D eigenvalue weighted by Gasteiger charge is 2.29. The van der Waals surface area contributed by atoms with Crippen LogP contribution >= 0.6 is 0 Å². The quantitative estimate of drug-likeness (QED) is 0.745. The smallest absolute Gasteiger partial charge is 0.318 e. The molecule has 0 bridgehead atoms. The number of hydrogen-bond acceptors (Lipinski definition) is 5. The summed E-state index contributed by atoms with van der Waals surface area (Å²) in [6, 6.07) is 0. The Morgan fingerprint density at radius 3 is 2.75 bits per heavy atom. The van der Waals surface area contributed by atoms with Gasteiger partial charge in [-0.1, -0.05) is 37.8 Å². The van der Waals surface area contributed by atoms with Gasteiger partial charge < -0.3 is 9.26 Å². The fourth-order valence-electron chi connectivity index (χ4n) is 2.79. The van der Waals surface area contributed by atoms with Gasteiger partial charge >= 0.3 is 5.97 Å². The molecular weight excluding hydrogens is 256 g/mol. The second-order valence-electron chi connectivity index (χ2n) is 5.42. The number of hydrogen-bond donors (Lipinski definition) is 0. The number of carbonyl (C=O) groups is 1. The molecule has 1 fully saturated rings. The van der Waals surface area contributed by atoms with Crippen LogP contribution in [0.2, 0.25) is 0 Å². The molecule has 0 aliphatic heterocycles. The number of ether oxygens (including phenoxy) is 1. The van der Waals surface area contributed by atoms with Gasteiger partial charge in [0.1, 0.15) is 5.92 Å². The van der Waals surface area contributed by atoms with Crippen molar-refractivity contribution < 1.29 is 14.1 Å². The van der Waals surface area contributed by atoms with Crippen molar-refractivity contribution in [2.45, 2.75) is 70.6 Å². The average Bonchev–Trinajstić information content (AvgIpc) is 2.95. The molecule has 1 unspecified atom stereocenters. The Balaban J connectivity index is 2.09. The molecule has 1 heterocycles.